The molecule has 3 rings (SSSR count). The first-order chi connectivity index (χ1) is 11.6. The van der Waals surface area contributed by atoms with Gasteiger partial charge in [-0.3, -0.25) is 4.79 Å². The van der Waals surface area contributed by atoms with Crippen LogP contribution in [0.5, 0.6) is 0 Å². The highest BCUT2D eigenvalue weighted by atomic mass is 16.5. The molecule has 2 aromatic rings. The lowest BCUT2D eigenvalue weighted by molar-refractivity contribution is 0.0827. The number of aliphatic hydroxyl groups excluding tert-OH is 1. The lowest BCUT2D eigenvalue weighted by Gasteiger charge is -2.08. The molecule has 24 heavy (non-hydrogen) atoms. The van der Waals surface area contributed by atoms with E-state index in [9.17, 15) is 4.79 Å². The van der Waals surface area contributed by atoms with Crippen molar-refractivity contribution in [3.8, 4) is 0 Å². The lowest BCUT2D eigenvalue weighted by atomic mass is 10.2. The zero-order valence-electron chi connectivity index (χ0n) is 14.5. The fraction of sp³-hybridized carbons (Fsp3) is 0.350. The molecule has 4 nitrogen and oxygen atoms in total. The lowest BCUT2D eigenvalue weighted by Crippen LogP contribution is -2.21. The number of carbonyl (C=O) groups excluding carboxylic acids is 1. The quantitative estimate of drug-likeness (QED) is 0.919. The van der Waals surface area contributed by atoms with E-state index >= 15 is 0 Å². The predicted octanol–water partition coefficient (Wildman–Crippen LogP) is 3.36. The molecule has 1 aliphatic heterocycles. The van der Waals surface area contributed by atoms with Crippen LogP contribution in [0.4, 0.5) is 0 Å². The largest absolute Gasteiger partial charge is 0.392 e. The van der Waals surface area contributed by atoms with Gasteiger partial charge in [-0.1, -0.05) is 48.5 Å². The first kappa shape index (κ1) is 19.9. The van der Waals surface area contributed by atoms with Gasteiger partial charge in [-0.15, -0.1) is 0 Å². The molecule has 1 heterocycles. The summed E-state index contributed by atoms with van der Waals surface area (Å²) in [6.45, 7) is 2.14. The summed E-state index contributed by atoms with van der Waals surface area (Å²) in [5, 5.41) is 8.54. The van der Waals surface area contributed by atoms with Crippen LogP contribution in [0, 0.1) is 0 Å². The van der Waals surface area contributed by atoms with Gasteiger partial charge in [0.15, 0.2) is 0 Å². The average molecular weight is 329 g/mol. The molecule has 1 amide bonds. The summed E-state index contributed by atoms with van der Waals surface area (Å²) in [4.78, 5) is 12.8. The summed E-state index contributed by atoms with van der Waals surface area (Å²) in [5.41, 5.74) is 1.70. The van der Waals surface area contributed by atoms with E-state index in [4.69, 9.17) is 9.84 Å². The molecule has 0 spiro atoms. The molecule has 0 bridgehead atoms. The van der Waals surface area contributed by atoms with Crippen LogP contribution >= 0.6 is 0 Å². The third kappa shape index (κ3) is 8.46. The molecule has 0 aromatic heterocycles. The first-order valence-corrected chi connectivity index (χ1v) is 8.14. The average Bonchev–Trinajstić information content (AvgIpc) is 3.23. The Bertz CT molecular complexity index is 544. The molecular weight excluding hydrogens is 302 g/mol. The van der Waals surface area contributed by atoms with E-state index < -0.39 is 0 Å². The van der Waals surface area contributed by atoms with Crippen molar-refractivity contribution in [2.24, 2.45) is 0 Å². The molecule has 0 unspecified atom stereocenters. The second kappa shape index (κ2) is 12.3. The third-order valence-electron chi connectivity index (χ3n) is 3.28. The number of ether oxygens (including phenoxy) is 1. The normalized spacial score (nSPS) is 12.3. The predicted molar refractivity (Wildman–Crippen MR) is 96.9 cm³/mol. The molecule has 0 aliphatic carbocycles. The van der Waals surface area contributed by atoms with Crippen molar-refractivity contribution in [1.29, 1.82) is 0 Å². The first-order valence-electron chi connectivity index (χ1n) is 8.14. The van der Waals surface area contributed by atoms with Crippen molar-refractivity contribution in [1.82, 2.24) is 4.90 Å². The third-order valence-corrected chi connectivity index (χ3v) is 3.28. The Morgan fingerprint density at radius 2 is 1.46 bits per heavy atom. The zero-order chi connectivity index (χ0) is 17.6. The molecule has 0 saturated carbocycles. The second-order valence-electron chi connectivity index (χ2n) is 5.53. The minimum Gasteiger partial charge on any atom is -0.392 e. The number of aliphatic hydroxyl groups is 1. The topological polar surface area (TPSA) is 49.8 Å². The number of rotatable bonds is 2. The van der Waals surface area contributed by atoms with E-state index in [0.29, 0.717) is 0 Å². The molecule has 4 heteroatoms. The van der Waals surface area contributed by atoms with Gasteiger partial charge in [-0.25, -0.2) is 0 Å². The fourth-order valence-corrected chi connectivity index (χ4v) is 1.93. The van der Waals surface area contributed by atoms with Crippen molar-refractivity contribution in [2.45, 2.75) is 19.4 Å². The molecule has 1 saturated heterocycles. The zero-order valence-corrected chi connectivity index (χ0v) is 14.5. The Morgan fingerprint density at radius 3 is 1.79 bits per heavy atom. The van der Waals surface area contributed by atoms with Crippen LogP contribution in [0.25, 0.3) is 0 Å². The molecule has 130 valence electrons. The summed E-state index contributed by atoms with van der Waals surface area (Å²) < 4.78 is 4.94. The minimum absolute atomic E-state index is 0.0469. The molecule has 1 N–H and O–H groups in total. The van der Waals surface area contributed by atoms with Crippen LogP contribution in [0.15, 0.2) is 60.7 Å². The number of nitrogens with zero attached hydrogens (tertiary/aromatic N) is 1. The van der Waals surface area contributed by atoms with Crippen LogP contribution in [0.2, 0.25) is 0 Å². The van der Waals surface area contributed by atoms with E-state index in [1.807, 2.05) is 60.7 Å². The Kier molecular flexibility index (Phi) is 10.2. The van der Waals surface area contributed by atoms with Gasteiger partial charge in [-0.05, 0) is 30.5 Å². The standard InChI is InChI=1S/C9H11NO.C7H8O.C4H8O/c1-10(2)9(11)8-6-4-3-5-7-8;8-6-7-4-2-1-3-5-7;1-2-4-5-3-1/h3-7H,1-2H3;1-5,8H,6H2;1-4H2. The smallest absolute Gasteiger partial charge is 0.253 e. The van der Waals surface area contributed by atoms with Crippen LogP contribution in [-0.2, 0) is 11.3 Å². The minimum atomic E-state index is 0.0469. The van der Waals surface area contributed by atoms with Gasteiger partial charge in [0.1, 0.15) is 0 Å². The highest BCUT2D eigenvalue weighted by molar-refractivity contribution is 5.93. The van der Waals surface area contributed by atoms with E-state index in [1.54, 1.807) is 19.0 Å². The monoisotopic (exact) mass is 329 g/mol. The Balaban J connectivity index is 0.000000193. The molecular formula is C20H27NO3. The number of hydrogen-bond donors (Lipinski definition) is 1. The van der Waals surface area contributed by atoms with Crippen molar-refractivity contribution in [3.05, 3.63) is 71.8 Å². The van der Waals surface area contributed by atoms with E-state index in [-0.39, 0.29) is 12.5 Å². The highest BCUT2D eigenvalue weighted by Gasteiger charge is 2.04. The molecule has 0 radical (unpaired) electrons. The fourth-order valence-electron chi connectivity index (χ4n) is 1.93. The molecule has 2 aromatic carbocycles. The summed E-state index contributed by atoms with van der Waals surface area (Å²) in [6.07, 6.45) is 2.56. The van der Waals surface area contributed by atoms with Gasteiger partial charge in [0.05, 0.1) is 6.61 Å². The van der Waals surface area contributed by atoms with Crippen molar-refractivity contribution >= 4 is 5.91 Å². The number of amides is 1. The number of carbonyl (C=O) groups is 1. The van der Waals surface area contributed by atoms with Gasteiger partial charge in [0, 0.05) is 32.9 Å². The van der Waals surface area contributed by atoms with Crippen LogP contribution in [-0.4, -0.2) is 43.2 Å². The van der Waals surface area contributed by atoms with Crippen molar-refractivity contribution in [3.63, 3.8) is 0 Å². The highest BCUT2D eigenvalue weighted by Crippen LogP contribution is 2.00. The van der Waals surface area contributed by atoms with Gasteiger partial charge in [0.25, 0.3) is 5.91 Å². The van der Waals surface area contributed by atoms with Gasteiger partial charge < -0.3 is 14.7 Å². The Labute approximate surface area is 144 Å². The molecule has 1 fully saturated rings. The van der Waals surface area contributed by atoms with Gasteiger partial charge in [0.2, 0.25) is 0 Å². The van der Waals surface area contributed by atoms with Crippen LogP contribution < -0.4 is 0 Å². The summed E-state index contributed by atoms with van der Waals surface area (Å²) in [5.74, 6) is 0.0469. The maximum absolute atomic E-state index is 11.3. The van der Waals surface area contributed by atoms with Crippen LogP contribution in [0.1, 0.15) is 28.8 Å². The number of hydrogen-bond acceptors (Lipinski definition) is 3. The molecule has 1 aliphatic rings. The Morgan fingerprint density at radius 1 is 0.958 bits per heavy atom. The van der Waals surface area contributed by atoms with E-state index in [0.717, 1.165) is 24.3 Å². The maximum atomic E-state index is 11.3. The summed E-state index contributed by atoms with van der Waals surface area (Å²) in [6, 6.07) is 18.8. The van der Waals surface area contributed by atoms with Gasteiger partial charge in [-0.2, -0.15) is 0 Å². The van der Waals surface area contributed by atoms with Gasteiger partial charge >= 0.3 is 0 Å². The molecule has 0 atom stereocenters. The van der Waals surface area contributed by atoms with E-state index in [2.05, 4.69) is 0 Å². The van der Waals surface area contributed by atoms with Crippen molar-refractivity contribution in [2.75, 3.05) is 27.3 Å². The van der Waals surface area contributed by atoms with E-state index in [1.165, 1.54) is 12.8 Å². The summed E-state index contributed by atoms with van der Waals surface area (Å²) in [7, 11) is 3.49. The number of benzene rings is 2. The maximum Gasteiger partial charge on any atom is 0.253 e. The van der Waals surface area contributed by atoms with Crippen molar-refractivity contribution < 1.29 is 14.6 Å². The second-order valence-corrected chi connectivity index (χ2v) is 5.53. The Hall–Kier alpha value is -2.17. The SMILES string of the molecule is C1CCOC1.CN(C)C(=O)c1ccccc1.OCc1ccccc1. The summed E-state index contributed by atoms with van der Waals surface area (Å²) >= 11 is 0. The van der Waals surface area contributed by atoms with Crippen LogP contribution in [0.3, 0.4) is 0 Å².